The molecule has 0 aliphatic heterocycles. The summed E-state index contributed by atoms with van der Waals surface area (Å²) in [6, 6.07) is 0. The third kappa shape index (κ3) is 7.33. The molecule has 0 amide bonds. The van der Waals surface area contributed by atoms with Gasteiger partial charge in [-0.2, -0.15) is 0 Å². The Hall–Kier alpha value is -0.570. The topological polar surface area (TPSA) is 35.5 Å². The number of carbonyl (C=O) groups is 1. The van der Waals surface area contributed by atoms with Crippen molar-refractivity contribution in [2.45, 2.75) is 20.3 Å². The van der Waals surface area contributed by atoms with Crippen LogP contribution in [-0.2, 0) is 14.3 Å². The SMILES string of the molecule is CCC(C)COCCOC=O. The van der Waals surface area contributed by atoms with Crippen molar-refractivity contribution in [1.82, 2.24) is 0 Å². The van der Waals surface area contributed by atoms with Gasteiger partial charge in [-0.15, -0.1) is 0 Å². The van der Waals surface area contributed by atoms with Gasteiger partial charge in [0.15, 0.2) is 0 Å². The van der Waals surface area contributed by atoms with E-state index in [1.807, 2.05) is 0 Å². The van der Waals surface area contributed by atoms with Gasteiger partial charge in [0.05, 0.1) is 6.61 Å². The Kier molecular flexibility index (Phi) is 7.15. The van der Waals surface area contributed by atoms with E-state index in [2.05, 4.69) is 18.6 Å². The molecule has 0 aliphatic carbocycles. The van der Waals surface area contributed by atoms with E-state index in [1.165, 1.54) is 0 Å². The van der Waals surface area contributed by atoms with Crippen molar-refractivity contribution in [3.63, 3.8) is 0 Å². The van der Waals surface area contributed by atoms with Crippen molar-refractivity contribution in [2.75, 3.05) is 19.8 Å². The van der Waals surface area contributed by atoms with Crippen LogP contribution in [0.1, 0.15) is 20.3 Å². The highest BCUT2D eigenvalue weighted by Crippen LogP contribution is 1.99. The highest BCUT2D eigenvalue weighted by atomic mass is 16.5. The Morgan fingerprint density at radius 2 is 2.18 bits per heavy atom. The number of rotatable bonds is 7. The summed E-state index contributed by atoms with van der Waals surface area (Å²) in [5, 5.41) is 0. The number of hydrogen-bond donors (Lipinski definition) is 0. The lowest BCUT2D eigenvalue weighted by atomic mass is 10.1. The van der Waals surface area contributed by atoms with E-state index in [4.69, 9.17) is 4.74 Å². The van der Waals surface area contributed by atoms with Gasteiger partial charge in [0.25, 0.3) is 6.47 Å². The average Bonchev–Trinajstić information content (AvgIpc) is 2.04. The molecule has 3 nitrogen and oxygen atoms in total. The third-order valence-electron chi connectivity index (χ3n) is 1.51. The summed E-state index contributed by atoms with van der Waals surface area (Å²) in [7, 11) is 0. The predicted octanol–water partition coefficient (Wildman–Crippen LogP) is 1.22. The Labute approximate surface area is 67.7 Å². The average molecular weight is 160 g/mol. The first kappa shape index (κ1) is 10.4. The minimum Gasteiger partial charge on any atom is -0.465 e. The molecular formula is C8H16O3. The van der Waals surface area contributed by atoms with E-state index < -0.39 is 0 Å². The summed E-state index contributed by atoms with van der Waals surface area (Å²) < 4.78 is 9.65. The maximum atomic E-state index is 9.68. The van der Waals surface area contributed by atoms with E-state index in [9.17, 15) is 4.79 Å². The van der Waals surface area contributed by atoms with Gasteiger partial charge in [0.1, 0.15) is 6.61 Å². The fraction of sp³-hybridized carbons (Fsp3) is 0.875. The van der Waals surface area contributed by atoms with Gasteiger partial charge < -0.3 is 9.47 Å². The zero-order valence-corrected chi connectivity index (χ0v) is 7.21. The molecule has 0 bridgehead atoms. The monoisotopic (exact) mass is 160 g/mol. The maximum Gasteiger partial charge on any atom is 0.293 e. The quantitative estimate of drug-likeness (QED) is 0.415. The van der Waals surface area contributed by atoms with Gasteiger partial charge >= 0.3 is 0 Å². The van der Waals surface area contributed by atoms with E-state index in [1.54, 1.807) is 0 Å². The van der Waals surface area contributed by atoms with Crippen molar-refractivity contribution in [3.05, 3.63) is 0 Å². The van der Waals surface area contributed by atoms with Crippen LogP contribution in [0, 0.1) is 5.92 Å². The molecule has 0 N–H and O–H groups in total. The molecule has 11 heavy (non-hydrogen) atoms. The minimum absolute atomic E-state index is 0.361. The van der Waals surface area contributed by atoms with Crippen LogP contribution in [0.3, 0.4) is 0 Å². The summed E-state index contributed by atoms with van der Waals surface area (Å²) >= 11 is 0. The molecule has 0 fully saturated rings. The number of carbonyl (C=O) groups excluding carboxylic acids is 1. The maximum absolute atomic E-state index is 9.68. The summed E-state index contributed by atoms with van der Waals surface area (Å²) in [5.41, 5.74) is 0. The van der Waals surface area contributed by atoms with Crippen molar-refractivity contribution in [1.29, 1.82) is 0 Å². The third-order valence-corrected chi connectivity index (χ3v) is 1.51. The van der Waals surface area contributed by atoms with Gasteiger partial charge in [-0.05, 0) is 5.92 Å². The highest BCUT2D eigenvalue weighted by Gasteiger charge is 1.97. The molecule has 0 aromatic heterocycles. The minimum atomic E-state index is 0.361. The smallest absolute Gasteiger partial charge is 0.293 e. The Morgan fingerprint density at radius 3 is 2.73 bits per heavy atom. The normalized spacial score (nSPS) is 12.5. The number of hydrogen-bond acceptors (Lipinski definition) is 3. The Bertz CT molecular complexity index is 93.3. The second-order valence-corrected chi connectivity index (χ2v) is 2.56. The molecule has 3 heteroatoms. The van der Waals surface area contributed by atoms with Gasteiger partial charge in [-0.3, -0.25) is 4.79 Å². The fourth-order valence-electron chi connectivity index (χ4n) is 0.558. The lowest BCUT2D eigenvalue weighted by Crippen LogP contribution is -2.09. The van der Waals surface area contributed by atoms with Crippen LogP contribution >= 0.6 is 0 Å². The van der Waals surface area contributed by atoms with Gasteiger partial charge in [0.2, 0.25) is 0 Å². The molecule has 0 spiro atoms. The largest absolute Gasteiger partial charge is 0.465 e. The van der Waals surface area contributed by atoms with E-state index in [0.29, 0.717) is 25.6 Å². The summed E-state index contributed by atoms with van der Waals surface area (Å²) in [6.07, 6.45) is 1.12. The zero-order chi connectivity index (χ0) is 8.53. The first-order valence-corrected chi connectivity index (χ1v) is 3.94. The summed E-state index contributed by atoms with van der Waals surface area (Å²) in [6.45, 7) is 6.30. The molecular weight excluding hydrogens is 144 g/mol. The molecule has 0 saturated carbocycles. The molecule has 0 rings (SSSR count). The van der Waals surface area contributed by atoms with Crippen LogP contribution in [0.2, 0.25) is 0 Å². The fourth-order valence-corrected chi connectivity index (χ4v) is 0.558. The molecule has 66 valence electrons. The highest BCUT2D eigenvalue weighted by molar-refractivity contribution is 5.36. The molecule has 0 aliphatic rings. The molecule has 0 heterocycles. The predicted molar refractivity (Wildman–Crippen MR) is 42.3 cm³/mol. The molecule has 1 unspecified atom stereocenters. The van der Waals surface area contributed by atoms with Crippen LogP contribution in [-0.4, -0.2) is 26.3 Å². The number of ether oxygens (including phenoxy) is 2. The van der Waals surface area contributed by atoms with Crippen LogP contribution < -0.4 is 0 Å². The van der Waals surface area contributed by atoms with E-state index in [0.717, 1.165) is 13.0 Å². The van der Waals surface area contributed by atoms with Crippen molar-refractivity contribution in [2.24, 2.45) is 5.92 Å². The van der Waals surface area contributed by atoms with Crippen LogP contribution in [0.5, 0.6) is 0 Å². The van der Waals surface area contributed by atoms with Gasteiger partial charge in [-0.1, -0.05) is 20.3 Å². The molecule has 0 radical (unpaired) electrons. The van der Waals surface area contributed by atoms with Crippen LogP contribution in [0.15, 0.2) is 0 Å². The first-order valence-electron chi connectivity index (χ1n) is 3.94. The van der Waals surface area contributed by atoms with E-state index in [-0.39, 0.29) is 0 Å². The van der Waals surface area contributed by atoms with Crippen LogP contribution in [0.4, 0.5) is 0 Å². The van der Waals surface area contributed by atoms with Crippen molar-refractivity contribution >= 4 is 6.47 Å². The second-order valence-electron chi connectivity index (χ2n) is 2.56. The van der Waals surface area contributed by atoms with Gasteiger partial charge in [0, 0.05) is 6.61 Å². The Morgan fingerprint density at radius 1 is 1.45 bits per heavy atom. The molecule has 0 saturated heterocycles. The summed E-state index contributed by atoms with van der Waals surface area (Å²) in [4.78, 5) is 9.68. The van der Waals surface area contributed by atoms with Crippen molar-refractivity contribution < 1.29 is 14.3 Å². The molecule has 0 aromatic carbocycles. The molecule has 0 aromatic rings. The second kappa shape index (κ2) is 7.54. The first-order chi connectivity index (χ1) is 5.31. The van der Waals surface area contributed by atoms with Gasteiger partial charge in [-0.25, -0.2) is 0 Å². The Balaban J connectivity index is 2.95. The molecule has 1 atom stereocenters. The lowest BCUT2D eigenvalue weighted by molar-refractivity contribution is -0.130. The van der Waals surface area contributed by atoms with E-state index >= 15 is 0 Å². The summed E-state index contributed by atoms with van der Waals surface area (Å²) in [5.74, 6) is 0.589. The van der Waals surface area contributed by atoms with Crippen molar-refractivity contribution in [3.8, 4) is 0 Å². The standard InChI is InChI=1S/C8H16O3/c1-3-8(2)6-10-4-5-11-7-9/h7-8H,3-6H2,1-2H3. The zero-order valence-electron chi connectivity index (χ0n) is 7.21. The lowest BCUT2D eigenvalue weighted by Gasteiger charge is -2.08. The van der Waals surface area contributed by atoms with Crippen LogP contribution in [0.25, 0.3) is 0 Å².